The highest BCUT2D eigenvalue weighted by Crippen LogP contribution is 2.26. The van der Waals surface area contributed by atoms with Crippen LogP contribution in [-0.2, 0) is 5.33 Å². The number of halogens is 1. The molecule has 0 aliphatic rings. The molecular weight excluding hydrogens is 318 g/mol. The molecule has 1 aromatic heterocycles. The third-order valence-electron chi connectivity index (χ3n) is 2.95. The van der Waals surface area contributed by atoms with Crippen LogP contribution in [0.2, 0.25) is 0 Å². The summed E-state index contributed by atoms with van der Waals surface area (Å²) in [6, 6.07) is 19.0. The van der Waals surface area contributed by atoms with Crippen LogP contribution in [0.1, 0.15) is 5.01 Å². The molecule has 0 unspecified atom stereocenters. The summed E-state index contributed by atoms with van der Waals surface area (Å²) in [6.07, 6.45) is 0. The van der Waals surface area contributed by atoms with E-state index in [-0.39, 0.29) is 0 Å². The van der Waals surface area contributed by atoms with Gasteiger partial charge in [-0.25, -0.2) is 4.98 Å². The Morgan fingerprint density at radius 1 is 0.842 bits per heavy atom. The van der Waals surface area contributed by atoms with Crippen molar-refractivity contribution < 1.29 is 0 Å². The molecule has 0 saturated heterocycles. The second-order valence-electron chi connectivity index (χ2n) is 4.20. The Balaban J connectivity index is 1.90. The van der Waals surface area contributed by atoms with Crippen molar-refractivity contribution in [2.75, 3.05) is 0 Å². The molecule has 1 nitrogen and oxygen atoms in total. The lowest BCUT2D eigenvalue weighted by Gasteiger charge is -2.02. The highest BCUT2D eigenvalue weighted by Gasteiger charge is 2.04. The van der Waals surface area contributed by atoms with Crippen LogP contribution in [0.15, 0.2) is 60.0 Å². The SMILES string of the molecule is BrCc1nc(-c2ccc(-c3ccccc3)cc2)cs1. The van der Waals surface area contributed by atoms with Crippen LogP contribution < -0.4 is 0 Å². The summed E-state index contributed by atoms with van der Waals surface area (Å²) in [5, 5.41) is 4.04. The summed E-state index contributed by atoms with van der Waals surface area (Å²) in [6.45, 7) is 0. The minimum Gasteiger partial charge on any atom is -0.240 e. The van der Waals surface area contributed by atoms with Crippen molar-refractivity contribution in [3.63, 3.8) is 0 Å². The van der Waals surface area contributed by atoms with Crippen molar-refractivity contribution in [2.45, 2.75) is 5.33 Å². The van der Waals surface area contributed by atoms with Crippen LogP contribution in [0.25, 0.3) is 22.4 Å². The molecule has 1 heterocycles. The molecule has 3 aromatic rings. The van der Waals surface area contributed by atoms with Gasteiger partial charge in [-0.2, -0.15) is 0 Å². The lowest BCUT2D eigenvalue weighted by atomic mass is 10.0. The van der Waals surface area contributed by atoms with Gasteiger partial charge in [0.2, 0.25) is 0 Å². The molecule has 2 aromatic carbocycles. The van der Waals surface area contributed by atoms with E-state index in [2.05, 4.69) is 74.8 Å². The molecule has 0 radical (unpaired) electrons. The second-order valence-corrected chi connectivity index (χ2v) is 5.71. The van der Waals surface area contributed by atoms with Crippen LogP contribution >= 0.6 is 27.3 Å². The number of aromatic nitrogens is 1. The molecule has 0 aliphatic carbocycles. The summed E-state index contributed by atoms with van der Waals surface area (Å²) in [7, 11) is 0. The highest BCUT2D eigenvalue weighted by molar-refractivity contribution is 9.08. The molecule has 0 atom stereocenters. The number of rotatable bonds is 3. The number of thiazole rings is 1. The molecule has 0 fully saturated rings. The van der Waals surface area contributed by atoms with Crippen molar-refractivity contribution in [3.8, 4) is 22.4 Å². The molecule has 3 heteroatoms. The topological polar surface area (TPSA) is 12.9 Å². The third kappa shape index (κ3) is 2.77. The van der Waals surface area contributed by atoms with Crippen LogP contribution in [0.5, 0.6) is 0 Å². The molecule has 0 N–H and O–H groups in total. The van der Waals surface area contributed by atoms with E-state index in [0.717, 1.165) is 16.0 Å². The zero-order valence-electron chi connectivity index (χ0n) is 10.2. The number of alkyl halides is 1. The number of hydrogen-bond donors (Lipinski definition) is 0. The van der Waals surface area contributed by atoms with E-state index >= 15 is 0 Å². The van der Waals surface area contributed by atoms with E-state index < -0.39 is 0 Å². The number of hydrogen-bond acceptors (Lipinski definition) is 2. The Morgan fingerprint density at radius 2 is 1.47 bits per heavy atom. The van der Waals surface area contributed by atoms with Gasteiger partial charge in [0.1, 0.15) is 5.01 Å². The lowest BCUT2D eigenvalue weighted by Crippen LogP contribution is -1.81. The van der Waals surface area contributed by atoms with Crippen molar-refractivity contribution in [1.29, 1.82) is 0 Å². The van der Waals surface area contributed by atoms with E-state index in [4.69, 9.17) is 0 Å². The van der Waals surface area contributed by atoms with Crippen LogP contribution in [0.4, 0.5) is 0 Å². The van der Waals surface area contributed by atoms with Gasteiger partial charge >= 0.3 is 0 Å². The Hall–Kier alpha value is -1.45. The molecule has 94 valence electrons. The van der Waals surface area contributed by atoms with Gasteiger partial charge in [-0.05, 0) is 11.1 Å². The fourth-order valence-electron chi connectivity index (χ4n) is 1.97. The zero-order valence-corrected chi connectivity index (χ0v) is 12.6. The Kier molecular flexibility index (Phi) is 3.76. The van der Waals surface area contributed by atoms with Gasteiger partial charge in [0.05, 0.1) is 11.0 Å². The Morgan fingerprint density at radius 3 is 2.11 bits per heavy atom. The minimum atomic E-state index is 0.819. The van der Waals surface area contributed by atoms with E-state index in [0.29, 0.717) is 0 Å². The van der Waals surface area contributed by atoms with Crippen molar-refractivity contribution in [3.05, 3.63) is 65.0 Å². The average Bonchev–Trinajstić information content (AvgIpc) is 2.97. The van der Waals surface area contributed by atoms with Crippen molar-refractivity contribution in [2.24, 2.45) is 0 Å². The number of nitrogens with zero attached hydrogens (tertiary/aromatic N) is 1. The minimum absolute atomic E-state index is 0.819. The largest absolute Gasteiger partial charge is 0.240 e. The lowest BCUT2D eigenvalue weighted by molar-refractivity contribution is 1.28. The van der Waals surface area contributed by atoms with Crippen molar-refractivity contribution >= 4 is 27.3 Å². The first-order valence-electron chi connectivity index (χ1n) is 6.03. The zero-order chi connectivity index (χ0) is 13.1. The van der Waals surface area contributed by atoms with Gasteiger partial charge in [-0.3, -0.25) is 0 Å². The molecule has 0 spiro atoms. The molecule has 19 heavy (non-hydrogen) atoms. The van der Waals surface area contributed by atoms with Gasteiger partial charge in [0, 0.05) is 10.9 Å². The monoisotopic (exact) mass is 329 g/mol. The predicted molar refractivity (Wildman–Crippen MR) is 85.6 cm³/mol. The second kappa shape index (κ2) is 5.68. The van der Waals surface area contributed by atoms with E-state index in [1.54, 1.807) is 11.3 Å². The molecule has 0 amide bonds. The van der Waals surface area contributed by atoms with Gasteiger partial charge < -0.3 is 0 Å². The molecule has 3 rings (SSSR count). The van der Waals surface area contributed by atoms with Crippen LogP contribution in [-0.4, -0.2) is 4.98 Å². The summed E-state index contributed by atoms with van der Waals surface area (Å²) in [5.74, 6) is 0. The first-order chi connectivity index (χ1) is 9.36. The first-order valence-corrected chi connectivity index (χ1v) is 8.03. The Labute approximate surface area is 125 Å². The third-order valence-corrected chi connectivity index (χ3v) is 4.70. The average molecular weight is 330 g/mol. The molecule has 0 aliphatic heterocycles. The van der Waals surface area contributed by atoms with E-state index in [1.807, 2.05) is 6.07 Å². The fraction of sp³-hybridized carbons (Fsp3) is 0.0625. The maximum atomic E-state index is 4.57. The molecule has 0 bridgehead atoms. The first kappa shape index (κ1) is 12.6. The summed E-state index contributed by atoms with van der Waals surface area (Å²) < 4.78 is 0. The standard InChI is InChI=1S/C16H12BrNS/c17-10-16-18-15(11-19-16)14-8-6-13(7-9-14)12-4-2-1-3-5-12/h1-9,11H,10H2. The normalized spacial score (nSPS) is 10.6. The summed E-state index contributed by atoms with van der Waals surface area (Å²) >= 11 is 5.12. The fourth-order valence-corrected chi connectivity index (χ4v) is 3.14. The maximum Gasteiger partial charge on any atom is 0.104 e. The van der Waals surface area contributed by atoms with E-state index in [9.17, 15) is 0 Å². The van der Waals surface area contributed by atoms with Crippen molar-refractivity contribution in [1.82, 2.24) is 4.98 Å². The van der Waals surface area contributed by atoms with Gasteiger partial charge in [-0.1, -0.05) is 70.5 Å². The number of benzene rings is 2. The quantitative estimate of drug-likeness (QED) is 0.588. The van der Waals surface area contributed by atoms with Gasteiger partial charge in [0.25, 0.3) is 0 Å². The summed E-state index contributed by atoms with van der Waals surface area (Å²) in [5.41, 5.74) is 4.70. The maximum absolute atomic E-state index is 4.57. The highest BCUT2D eigenvalue weighted by atomic mass is 79.9. The molecular formula is C16H12BrNS. The van der Waals surface area contributed by atoms with Crippen LogP contribution in [0, 0.1) is 0 Å². The van der Waals surface area contributed by atoms with Gasteiger partial charge in [0.15, 0.2) is 0 Å². The molecule has 0 saturated carbocycles. The van der Waals surface area contributed by atoms with Crippen LogP contribution in [0.3, 0.4) is 0 Å². The smallest absolute Gasteiger partial charge is 0.104 e. The van der Waals surface area contributed by atoms with Gasteiger partial charge in [-0.15, -0.1) is 11.3 Å². The Bertz CT molecular complexity index is 659. The van der Waals surface area contributed by atoms with E-state index in [1.165, 1.54) is 16.7 Å². The predicted octanol–water partition coefficient (Wildman–Crippen LogP) is 5.37. The summed E-state index contributed by atoms with van der Waals surface area (Å²) in [4.78, 5) is 4.57.